The highest BCUT2D eigenvalue weighted by Crippen LogP contribution is 2.19. The van der Waals surface area contributed by atoms with Crippen LogP contribution in [0.25, 0.3) is 0 Å². The van der Waals surface area contributed by atoms with Gasteiger partial charge in [-0.05, 0) is 30.9 Å². The maximum atomic E-state index is 11.0. The molecule has 1 unspecified atom stereocenters. The maximum Gasteiger partial charge on any atom is 0.219 e. The van der Waals surface area contributed by atoms with Crippen LogP contribution in [-0.4, -0.2) is 23.1 Å². The van der Waals surface area contributed by atoms with E-state index in [0.717, 1.165) is 5.56 Å². The summed E-state index contributed by atoms with van der Waals surface area (Å²) >= 11 is 0. The largest absolute Gasteiger partial charge is 0.387 e. The summed E-state index contributed by atoms with van der Waals surface area (Å²) in [7, 11) is 0. The van der Waals surface area contributed by atoms with E-state index in [1.54, 1.807) is 0 Å². The Morgan fingerprint density at radius 1 is 1.25 bits per heavy atom. The van der Waals surface area contributed by atoms with Crippen molar-refractivity contribution in [2.24, 2.45) is 5.73 Å². The molecule has 1 aromatic carbocycles. The summed E-state index contributed by atoms with van der Waals surface area (Å²) in [6.45, 7) is 8.46. The van der Waals surface area contributed by atoms with E-state index in [4.69, 9.17) is 5.73 Å². The highest BCUT2D eigenvalue weighted by molar-refractivity contribution is 5.74. The van der Waals surface area contributed by atoms with Gasteiger partial charge in [0.2, 0.25) is 5.91 Å². The summed E-state index contributed by atoms with van der Waals surface area (Å²) < 4.78 is 0. The Morgan fingerprint density at radius 2 is 1.75 bits per heavy atom. The number of amides is 1. The number of aliphatic hydroxyl groups excluding tert-OH is 1. The predicted octanol–water partition coefficient (Wildman–Crippen LogP) is 2.09. The van der Waals surface area contributed by atoms with Gasteiger partial charge >= 0.3 is 0 Å². The first-order valence-electron chi connectivity index (χ1n) is 7.02. The SMILES string of the molecule is CC(C)c1ccc(C(O)CNC(C)(C)CC(N)=O)cc1. The van der Waals surface area contributed by atoms with Crippen LogP contribution < -0.4 is 11.1 Å². The van der Waals surface area contributed by atoms with Gasteiger partial charge in [0.15, 0.2) is 0 Å². The van der Waals surface area contributed by atoms with Gasteiger partial charge in [0.05, 0.1) is 6.10 Å². The molecule has 1 amide bonds. The second kappa shape index (κ2) is 6.86. The molecule has 4 N–H and O–H groups in total. The fourth-order valence-corrected chi connectivity index (χ4v) is 2.09. The third-order valence-electron chi connectivity index (χ3n) is 3.38. The smallest absolute Gasteiger partial charge is 0.219 e. The van der Waals surface area contributed by atoms with E-state index >= 15 is 0 Å². The van der Waals surface area contributed by atoms with Gasteiger partial charge < -0.3 is 16.2 Å². The van der Waals surface area contributed by atoms with E-state index in [1.165, 1.54) is 5.56 Å². The van der Waals surface area contributed by atoms with Crippen molar-refractivity contribution in [3.63, 3.8) is 0 Å². The maximum absolute atomic E-state index is 11.0. The Labute approximate surface area is 121 Å². The molecule has 0 aliphatic heterocycles. The van der Waals surface area contributed by atoms with Crippen molar-refractivity contribution in [3.05, 3.63) is 35.4 Å². The summed E-state index contributed by atoms with van der Waals surface area (Å²) in [5.41, 5.74) is 6.91. The first-order chi connectivity index (χ1) is 9.21. The van der Waals surface area contributed by atoms with Crippen molar-refractivity contribution >= 4 is 5.91 Å². The van der Waals surface area contributed by atoms with E-state index in [-0.39, 0.29) is 12.3 Å². The fourth-order valence-electron chi connectivity index (χ4n) is 2.09. The molecule has 0 spiro atoms. The third kappa shape index (κ3) is 5.31. The topological polar surface area (TPSA) is 75.3 Å². The number of β-amino-alcohol motifs (C(OH)–C–C–N with tert-alkyl or cyclic N) is 1. The predicted molar refractivity (Wildman–Crippen MR) is 81.4 cm³/mol. The number of primary amides is 1. The molecule has 1 aromatic rings. The lowest BCUT2D eigenvalue weighted by molar-refractivity contribution is -0.119. The zero-order chi connectivity index (χ0) is 15.3. The zero-order valence-electron chi connectivity index (χ0n) is 12.8. The lowest BCUT2D eigenvalue weighted by atomic mass is 9.98. The van der Waals surface area contributed by atoms with E-state index in [1.807, 2.05) is 38.1 Å². The van der Waals surface area contributed by atoms with Gasteiger partial charge in [0.25, 0.3) is 0 Å². The number of nitrogens with one attached hydrogen (secondary N) is 1. The molecule has 0 saturated carbocycles. The molecule has 4 nitrogen and oxygen atoms in total. The molecule has 112 valence electrons. The van der Waals surface area contributed by atoms with Gasteiger partial charge in [-0.3, -0.25) is 4.79 Å². The molecule has 0 fully saturated rings. The van der Waals surface area contributed by atoms with Crippen molar-refractivity contribution in [3.8, 4) is 0 Å². The van der Waals surface area contributed by atoms with Crippen molar-refractivity contribution < 1.29 is 9.90 Å². The van der Waals surface area contributed by atoms with Crippen LogP contribution in [0.2, 0.25) is 0 Å². The monoisotopic (exact) mass is 278 g/mol. The summed E-state index contributed by atoms with van der Waals surface area (Å²) in [5.74, 6) is 0.132. The summed E-state index contributed by atoms with van der Waals surface area (Å²) in [4.78, 5) is 11.0. The number of rotatable bonds is 7. The van der Waals surface area contributed by atoms with Gasteiger partial charge in [-0.1, -0.05) is 38.1 Å². The van der Waals surface area contributed by atoms with Crippen LogP contribution in [-0.2, 0) is 4.79 Å². The standard InChI is InChI=1S/C16H26N2O2/c1-11(2)12-5-7-13(8-6-12)14(19)10-18-16(3,4)9-15(17)20/h5-8,11,14,18-19H,9-10H2,1-4H3,(H2,17,20). The van der Waals surface area contributed by atoms with Crippen LogP contribution in [0.3, 0.4) is 0 Å². The molecule has 0 saturated heterocycles. The third-order valence-corrected chi connectivity index (χ3v) is 3.38. The molecule has 1 atom stereocenters. The van der Waals surface area contributed by atoms with E-state index in [2.05, 4.69) is 19.2 Å². The average Bonchev–Trinajstić information content (AvgIpc) is 2.34. The zero-order valence-corrected chi connectivity index (χ0v) is 12.8. The normalized spacial score (nSPS) is 13.5. The molecule has 0 aliphatic rings. The Morgan fingerprint density at radius 3 is 2.20 bits per heavy atom. The number of hydrogen-bond acceptors (Lipinski definition) is 3. The molecule has 0 aromatic heterocycles. The van der Waals surface area contributed by atoms with Crippen LogP contribution >= 0.6 is 0 Å². The molecule has 0 radical (unpaired) electrons. The molecular formula is C16H26N2O2. The minimum Gasteiger partial charge on any atom is -0.387 e. The number of nitrogens with two attached hydrogens (primary N) is 1. The molecule has 0 bridgehead atoms. The summed E-state index contributed by atoms with van der Waals surface area (Å²) in [5, 5.41) is 13.3. The van der Waals surface area contributed by atoms with Crippen LogP contribution in [0.1, 0.15) is 57.3 Å². The van der Waals surface area contributed by atoms with Gasteiger partial charge in [-0.2, -0.15) is 0 Å². The quantitative estimate of drug-likeness (QED) is 0.715. The Hall–Kier alpha value is -1.39. The highest BCUT2D eigenvalue weighted by atomic mass is 16.3. The lowest BCUT2D eigenvalue weighted by Crippen LogP contribution is -2.44. The number of hydrogen-bond donors (Lipinski definition) is 3. The molecular weight excluding hydrogens is 252 g/mol. The first kappa shape index (κ1) is 16.7. The highest BCUT2D eigenvalue weighted by Gasteiger charge is 2.21. The molecule has 20 heavy (non-hydrogen) atoms. The lowest BCUT2D eigenvalue weighted by Gasteiger charge is -2.26. The number of benzene rings is 1. The van der Waals surface area contributed by atoms with Crippen LogP contribution in [0, 0.1) is 0 Å². The Bertz CT molecular complexity index is 438. The summed E-state index contributed by atoms with van der Waals surface area (Å²) in [6.07, 6.45) is -0.352. The second-order valence-electron chi connectivity index (χ2n) is 6.25. The van der Waals surface area contributed by atoms with Crippen molar-refractivity contribution in [2.75, 3.05) is 6.54 Å². The van der Waals surface area contributed by atoms with Crippen LogP contribution in [0.4, 0.5) is 0 Å². The Balaban J connectivity index is 2.58. The summed E-state index contributed by atoms with van der Waals surface area (Å²) in [6, 6.07) is 7.97. The van der Waals surface area contributed by atoms with E-state index < -0.39 is 11.6 Å². The van der Waals surface area contributed by atoms with Crippen LogP contribution in [0.15, 0.2) is 24.3 Å². The van der Waals surface area contributed by atoms with Crippen molar-refractivity contribution in [2.45, 2.75) is 51.7 Å². The van der Waals surface area contributed by atoms with Crippen molar-refractivity contribution in [1.82, 2.24) is 5.32 Å². The average molecular weight is 278 g/mol. The van der Waals surface area contributed by atoms with Crippen LogP contribution in [0.5, 0.6) is 0 Å². The fraction of sp³-hybridized carbons (Fsp3) is 0.562. The van der Waals surface area contributed by atoms with Gasteiger partial charge in [0.1, 0.15) is 0 Å². The number of carbonyl (C=O) groups is 1. The van der Waals surface area contributed by atoms with Gasteiger partial charge in [0, 0.05) is 18.5 Å². The van der Waals surface area contributed by atoms with E-state index in [9.17, 15) is 9.90 Å². The van der Waals surface area contributed by atoms with Crippen molar-refractivity contribution in [1.29, 1.82) is 0 Å². The molecule has 0 heterocycles. The van der Waals surface area contributed by atoms with Gasteiger partial charge in [-0.15, -0.1) is 0 Å². The number of aliphatic hydroxyl groups is 1. The molecule has 4 heteroatoms. The minimum absolute atomic E-state index is 0.242. The molecule has 0 aliphatic carbocycles. The van der Waals surface area contributed by atoms with E-state index in [0.29, 0.717) is 12.5 Å². The van der Waals surface area contributed by atoms with Gasteiger partial charge in [-0.25, -0.2) is 0 Å². The molecule has 1 rings (SSSR count). The second-order valence-corrected chi connectivity index (χ2v) is 6.25. The minimum atomic E-state index is -0.594. The first-order valence-corrected chi connectivity index (χ1v) is 7.02. The number of carbonyl (C=O) groups excluding carboxylic acids is 1. The Kier molecular flexibility index (Phi) is 5.72.